The van der Waals surface area contributed by atoms with E-state index < -0.39 is 16.8 Å². The van der Waals surface area contributed by atoms with Gasteiger partial charge in [-0.05, 0) is 12.1 Å². The lowest BCUT2D eigenvalue weighted by Gasteiger charge is -2.10. The van der Waals surface area contributed by atoms with Crippen LogP contribution in [0.3, 0.4) is 0 Å². The van der Waals surface area contributed by atoms with E-state index in [2.05, 4.69) is 0 Å². The summed E-state index contributed by atoms with van der Waals surface area (Å²) in [4.78, 5) is 31.8. The number of hydrogen-bond acceptors (Lipinski definition) is 5. The molecule has 1 atom stereocenters. The van der Waals surface area contributed by atoms with Gasteiger partial charge in [-0.15, -0.1) is 0 Å². The number of hydrogen-bond donors (Lipinski definition) is 0. The van der Waals surface area contributed by atoms with Crippen LogP contribution in [0.1, 0.15) is 23.7 Å². The first-order valence-electron chi connectivity index (χ1n) is 4.90. The van der Waals surface area contributed by atoms with Crippen LogP contribution in [0.4, 0.5) is 5.69 Å². The van der Waals surface area contributed by atoms with Gasteiger partial charge in [-0.25, -0.2) is 0 Å². The number of nitro groups is 1. The lowest BCUT2D eigenvalue weighted by Crippen LogP contribution is -2.30. The summed E-state index contributed by atoms with van der Waals surface area (Å²) >= 11 is 0. The zero-order chi connectivity index (χ0) is 13.0. The van der Waals surface area contributed by atoms with Gasteiger partial charge in [-0.2, -0.15) is 0 Å². The van der Waals surface area contributed by atoms with Crippen LogP contribution >= 0.6 is 0 Å². The largest absolute Gasteiger partial charge is 0.550 e. The number of carboxylic acid groups (broad SMARTS) is 1. The molecule has 0 fully saturated rings. The van der Waals surface area contributed by atoms with Crippen LogP contribution in [0.15, 0.2) is 24.3 Å². The van der Waals surface area contributed by atoms with Gasteiger partial charge in [0, 0.05) is 36.0 Å². The molecule has 6 heteroatoms. The third-order valence-corrected chi connectivity index (χ3v) is 2.29. The first kappa shape index (κ1) is 12.8. The molecule has 0 aromatic heterocycles. The molecular weight excluding hydrogens is 226 g/mol. The molecule has 0 spiro atoms. The summed E-state index contributed by atoms with van der Waals surface area (Å²) in [7, 11) is 0. The van der Waals surface area contributed by atoms with Crippen molar-refractivity contribution < 1.29 is 19.6 Å². The smallest absolute Gasteiger partial charge is 0.269 e. The van der Waals surface area contributed by atoms with Gasteiger partial charge in [0.25, 0.3) is 5.69 Å². The number of ketones is 1. The Morgan fingerprint density at radius 2 is 1.82 bits per heavy atom. The number of nitrogens with zero attached hydrogens (tertiary/aromatic N) is 1. The van der Waals surface area contributed by atoms with Crippen LogP contribution in [0, 0.1) is 16.0 Å². The minimum atomic E-state index is -1.29. The molecule has 0 aliphatic carbocycles. The summed E-state index contributed by atoms with van der Waals surface area (Å²) < 4.78 is 0. The highest BCUT2D eigenvalue weighted by molar-refractivity contribution is 5.97. The minimum Gasteiger partial charge on any atom is -0.550 e. The van der Waals surface area contributed by atoms with E-state index in [9.17, 15) is 24.8 Å². The Morgan fingerprint density at radius 3 is 2.24 bits per heavy atom. The lowest BCUT2D eigenvalue weighted by molar-refractivity contribution is -0.384. The molecule has 0 aliphatic rings. The lowest BCUT2D eigenvalue weighted by atomic mass is 10.00. The molecule has 0 heterocycles. The van der Waals surface area contributed by atoms with Crippen molar-refractivity contribution in [2.75, 3.05) is 0 Å². The highest BCUT2D eigenvalue weighted by Gasteiger charge is 2.13. The fourth-order valence-corrected chi connectivity index (χ4v) is 1.25. The Morgan fingerprint density at radius 1 is 1.29 bits per heavy atom. The zero-order valence-corrected chi connectivity index (χ0v) is 9.08. The van der Waals surface area contributed by atoms with Crippen molar-refractivity contribution in [3.8, 4) is 0 Å². The molecule has 0 N–H and O–H groups in total. The predicted molar refractivity (Wildman–Crippen MR) is 56.2 cm³/mol. The fourth-order valence-electron chi connectivity index (χ4n) is 1.25. The molecule has 6 nitrogen and oxygen atoms in total. The van der Waals surface area contributed by atoms with E-state index in [0.717, 1.165) is 0 Å². The molecule has 0 saturated carbocycles. The summed E-state index contributed by atoms with van der Waals surface area (Å²) in [6.45, 7) is 1.37. The molecule has 1 rings (SSSR count). The normalized spacial score (nSPS) is 11.8. The number of carbonyl (C=O) groups excluding carboxylic acids is 2. The van der Waals surface area contributed by atoms with E-state index in [4.69, 9.17) is 0 Å². The van der Waals surface area contributed by atoms with Gasteiger partial charge in [-0.1, -0.05) is 6.92 Å². The van der Waals surface area contributed by atoms with Crippen molar-refractivity contribution in [2.45, 2.75) is 13.3 Å². The molecule has 0 unspecified atom stereocenters. The Kier molecular flexibility index (Phi) is 3.92. The molecule has 1 aromatic rings. The number of nitro benzene ring substituents is 1. The molecule has 1 aromatic carbocycles. The second-order valence-corrected chi connectivity index (χ2v) is 3.65. The van der Waals surface area contributed by atoms with E-state index in [0.29, 0.717) is 0 Å². The predicted octanol–water partition coefficient (Wildman–Crippen LogP) is 0.554. The Bertz CT molecular complexity index is 451. The van der Waals surface area contributed by atoms with E-state index in [1.807, 2.05) is 0 Å². The van der Waals surface area contributed by atoms with Crippen LogP contribution in [0.25, 0.3) is 0 Å². The van der Waals surface area contributed by atoms with Gasteiger partial charge in [0.15, 0.2) is 5.78 Å². The van der Waals surface area contributed by atoms with E-state index >= 15 is 0 Å². The number of carboxylic acids is 1. The Balaban J connectivity index is 2.77. The third kappa shape index (κ3) is 3.37. The summed E-state index contributed by atoms with van der Waals surface area (Å²) in [6, 6.07) is 5.03. The molecule has 17 heavy (non-hydrogen) atoms. The van der Waals surface area contributed by atoms with E-state index in [1.165, 1.54) is 31.2 Å². The fraction of sp³-hybridized carbons (Fsp3) is 0.273. The molecule has 0 radical (unpaired) electrons. The van der Waals surface area contributed by atoms with Gasteiger partial charge in [0.1, 0.15) is 0 Å². The Hall–Kier alpha value is -2.24. The van der Waals surface area contributed by atoms with Crippen LogP contribution < -0.4 is 5.11 Å². The van der Waals surface area contributed by atoms with Gasteiger partial charge < -0.3 is 9.90 Å². The summed E-state index contributed by atoms with van der Waals surface area (Å²) in [6.07, 6.45) is -0.180. The van der Waals surface area contributed by atoms with Crippen LogP contribution in [-0.2, 0) is 4.79 Å². The summed E-state index contributed by atoms with van der Waals surface area (Å²) in [5.41, 5.74) is 0.137. The number of benzene rings is 1. The third-order valence-electron chi connectivity index (χ3n) is 2.29. The second-order valence-electron chi connectivity index (χ2n) is 3.65. The molecular formula is C11H10NO5-. The molecule has 0 bridgehead atoms. The topological polar surface area (TPSA) is 100 Å². The van der Waals surface area contributed by atoms with E-state index in [1.54, 1.807) is 0 Å². The first-order chi connectivity index (χ1) is 7.91. The number of carbonyl (C=O) groups is 2. The van der Waals surface area contributed by atoms with Crippen molar-refractivity contribution in [3.05, 3.63) is 39.9 Å². The van der Waals surface area contributed by atoms with Crippen LogP contribution in [0.2, 0.25) is 0 Å². The minimum absolute atomic E-state index is 0.116. The average Bonchev–Trinajstić information content (AvgIpc) is 2.28. The summed E-state index contributed by atoms with van der Waals surface area (Å²) in [5.74, 6) is -2.55. The standard InChI is InChI=1S/C11H11NO5/c1-7(11(14)15)6-10(13)8-2-4-9(5-3-8)12(16)17/h2-5,7H,6H2,1H3,(H,14,15)/p-1/t7-/m1/s1. The van der Waals surface area contributed by atoms with Crippen molar-refractivity contribution >= 4 is 17.4 Å². The molecule has 0 aliphatic heterocycles. The van der Waals surface area contributed by atoms with Gasteiger partial charge >= 0.3 is 0 Å². The highest BCUT2D eigenvalue weighted by Crippen LogP contribution is 2.15. The SMILES string of the molecule is C[C@H](CC(=O)c1ccc([N+](=O)[O-])cc1)C(=O)[O-]. The highest BCUT2D eigenvalue weighted by atomic mass is 16.6. The van der Waals surface area contributed by atoms with Crippen molar-refractivity contribution in [3.63, 3.8) is 0 Å². The second kappa shape index (κ2) is 5.20. The maximum absolute atomic E-state index is 11.6. The summed E-state index contributed by atoms with van der Waals surface area (Å²) in [5, 5.41) is 20.8. The van der Waals surface area contributed by atoms with E-state index in [-0.39, 0.29) is 23.5 Å². The van der Waals surface area contributed by atoms with Gasteiger partial charge in [0.05, 0.1) is 4.92 Å². The number of aliphatic carboxylic acids is 1. The monoisotopic (exact) mass is 236 g/mol. The number of non-ortho nitro benzene ring substituents is 1. The van der Waals surface area contributed by atoms with Crippen LogP contribution in [0.5, 0.6) is 0 Å². The maximum Gasteiger partial charge on any atom is 0.269 e. The molecule has 0 amide bonds. The Labute approximate surface area is 97.0 Å². The van der Waals surface area contributed by atoms with Crippen molar-refractivity contribution in [1.82, 2.24) is 0 Å². The van der Waals surface area contributed by atoms with Crippen molar-refractivity contribution in [2.24, 2.45) is 5.92 Å². The first-order valence-corrected chi connectivity index (χ1v) is 4.90. The zero-order valence-electron chi connectivity index (χ0n) is 9.08. The molecule has 0 saturated heterocycles. The number of rotatable bonds is 5. The average molecular weight is 236 g/mol. The quantitative estimate of drug-likeness (QED) is 0.422. The van der Waals surface area contributed by atoms with Crippen molar-refractivity contribution in [1.29, 1.82) is 0 Å². The van der Waals surface area contributed by atoms with Gasteiger partial charge in [0.2, 0.25) is 0 Å². The maximum atomic E-state index is 11.6. The van der Waals surface area contributed by atoms with Gasteiger partial charge in [-0.3, -0.25) is 14.9 Å². The van der Waals surface area contributed by atoms with Crippen LogP contribution in [-0.4, -0.2) is 16.7 Å². The molecule has 90 valence electrons. The number of Topliss-reactive ketones (excluding diaryl/α,β-unsaturated/α-hetero) is 1.